The summed E-state index contributed by atoms with van der Waals surface area (Å²) < 4.78 is 15.6. The van der Waals surface area contributed by atoms with E-state index in [2.05, 4.69) is 22.0 Å². The number of amides is 1. The summed E-state index contributed by atoms with van der Waals surface area (Å²) in [5, 5.41) is 4.43. The normalized spacial score (nSPS) is 17.1. The van der Waals surface area contributed by atoms with E-state index in [1.807, 2.05) is 50.2 Å². The predicted molar refractivity (Wildman–Crippen MR) is 119 cm³/mol. The highest BCUT2D eigenvalue weighted by Gasteiger charge is 2.29. The van der Waals surface area contributed by atoms with Crippen LogP contribution in [0.2, 0.25) is 0 Å². The summed E-state index contributed by atoms with van der Waals surface area (Å²) in [4.78, 5) is 27.8. The molecule has 0 saturated carbocycles. The number of fused-ring (bicyclic) bond motifs is 1. The van der Waals surface area contributed by atoms with E-state index in [4.69, 9.17) is 14.5 Å². The van der Waals surface area contributed by atoms with Crippen molar-refractivity contribution in [1.82, 2.24) is 34.2 Å². The van der Waals surface area contributed by atoms with Crippen LogP contribution in [0.5, 0.6) is 5.88 Å². The molecule has 10 nitrogen and oxygen atoms in total. The Hall–Kier alpha value is -3.17. The molecule has 0 aromatic carbocycles. The Morgan fingerprint density at radius 2 is 2.06 bits per heavy atom. The van der Waals surface area contributed by atoms with Gasteiger partial charge in [0.25, 0.3) is 0 Å². The third-order valence-corrected chi connectivity index (χ3v) is 5.57. The fraction of sp³-hybridized carbons (Fsp3) is 0.591. The van der Waals surface area contributed by atoms with E-state index in [-0.39, 0.29) is 12.2 Å². The molecule has 0 aliphatic carbocycles. The van der Waals surface area contributed by atoms with Gasteiger partial charge in [0.05, 0.1) is 18.3 Å². The maximum Gasteiger partial charge on any atom is 0.410 e. The van der Waals surface area contributed by atoms with Crippen molar-refractivity contribution in [3.63, 3.8) is 0 Å². The van der Waals surface area contributed by atoms with E-state index < -0.39 is 5.60 Å². The highest BCUT2D eigenvalue weighted by molar-refractivity contribution is 5.81. The van der Waals surface area contributed by atoms with Gasteiger partial charge in [-0.2, -0.15) is 10.1 Å². The number of carbonyl (C=O) groups excluding carboxylic acids is 1. The summed E-state index contributed by atoms with van der Waals surface area (Å²) in [5.41, 5.74) is 2.75. The van der Waals surface area contributed by atoms with Crippen molar-refractivity contribution < 1.29 is 14.3 Å². The second-order valence-corrected chi connectivity index (χ2v) is 9.11. The number of likely N-dealkylation sites (tertiary alicyclic amines) is 1. The summed E-state index contributed by atoms with van der Waals surface area (Å²) >= 11 is 0. The van der Waals surface area contributed by atoms with E-state index >= 15 is 0 Å². The molecule has 1 aliphatic heterocycles. The highest BCUT2D eigenvalue weighted by Crippen LogP contribution is 2.30. The molecule has 1 saturated heterocycles. The van der Waals surface area contributed by atoms with Crippen molar-refractivity contribution in [3.8, 4) is 17.3 Å². The number of rotatable bonds is 4. The molecule has 3 aromatic rings. The van der Waals surface area contributed by atoms with Crippen molar-refractivity contribution in [2.75, 3.05) is 13.1 Å². The zero-order chi connectivity index (χ0) is 23.0. The Bertz CT molecular complexity index is 1130. The Morgan fingerprint density at radius 1 is 1.28 bits per heavy atom. The van der Waals surface area contributed by atoms with Crippen LogP contribution in [0.4, 0.5) is 4.79 Å². The number of nitrogens with zero attached hydrogens (tertiary/aromatic N) is 7. The molecule has 0 radical (unpaired) electrons. The zero-order valence-electron chi connectivity index (χ0n) is 19.6. The maximum atomic E-state index is 12.5. The van der Waals surface area contributed by atoms with Crippen LogP contribution in [-0.4, -0.2) is 65.1 Å². The summed E-state index contributed by atoms with van der Waals surface area (Å²) in [6, 6.07) is 0. The molecule has 1 aliphatic rings. The second kappa shape index (κ2) is 8.40. The molecule has 32 heavy (non-hydrogen) atoms. The minimum absolute atomic E-state index is 0.190. The van der Waals surface area contributed by atoms with Crippen LogP contribution in [0.25, 0.3) is 22.6 Å². The standard InChI is InChI=1S/C22H31N7O3/c1-7-29-14(2)16(11-25-29)18-26-17-19(27(18)6)23-13-24-20(17)31-15-9-8-10-28(12-15)21(30)32-22(3,4)5/h11,13,15H,7-10,12H2,1-6H3/t15-/m0/s1. The lowest BCUT2D eigenvalue weighted by atomic mass is 10.1. The van der Waals surface area contributed by atoms with Crippen molar-refractivity contribution >= 4 is 17.3 Å². The van der Waals surface area contributed by atoms with Crippen LogP contribution in [0.1, 0.15) is 46.2 Å². The van der Waals surface area contributed by atoms with E-state index in [1.54, 1.807) is 4.90 Å². The number of hydrogen-bond donors (Lipinski definition) is 0. The Balaban J connectivity index is 1.58. The number of imidazole rings is 1. The zero-order valence-corrected chi connectivity index (χ0v) is 19.6. The first-order chi connectivity index (χ1) is 15.2. The molecule has 1 atom stereocenters. The molecule has 1 fully saturated rings. The molecular weight excluding hydrogens is 410 g/mol. The summed E-state index contributed by atoms with van der Waals surface area (Å²) in [6.45, 7) is 11.6. The van der Waals surface area contributed by atoms with Gasteiger partial charge in [-0.3, -0.25) is 4.68 Å². The number of piperidine rings is 1. The Labute approximate surface area is 187 Å². The van der Waals surface area contributed by atoms with Crippen LogP contribution in [-0.2, 0) is 18.3 Å². The molecule has 172 valence electrons. The van der Waals surface area contributed by atoms with Crippen molar-refractivity contribution in [2.24, 2.45) is 7.05 Å². The van der Waals surface area contributed by atoms with E-state index in [1.165, 1.54) is 6.33 Å². The van der Waals surface area contributed by atoms with Gasteiger partial charge in [0.15, 0.2) is 11.2 Å². The lowest BCUT2D eigenvalue weighted by molar-refractivity contribution is 0.00740. The monoisotopic (exact) mass is 441 g/mol. The smallest absolute Gasteiger partial charge is 0.410 e. The molecule has 0 bridgehead atoms. The van der Waals surface area contributed by atoms with E-state index in [0.717, 1.165) is 36.5 Å². The molecule has 0 unspecified atom stereocenters. The first-order valence-corrected chi connectivity index (χ1v) is 11.0. The fourth-order valence-corrected chi connectivity index (χ4v) is 3.97. The van der Waals surface area contributed by atoms with E-state index in [0.29, 0.717) is 30.1 Å². The third-order valence-electron chi connectivity index (χ3n) is 5.57. The third kappa shape index (κ3) is 4.26. The van der Waals surface area contributed by atoms with Crippen LogP contribution < -0.4 is 4.74 Å². The molecule has 4 heterocycles. The minimum atomic E-state index is -0.530. The van der Waals surface area contributed by atoms with Gasteiger partial charge in [0.1, 0.15) is 23.9 Å². The first-order valence-electron chi connectivity index (χ1n) is 11.0. The van der Waals surface area contributed by atoms with Crippen molar-refractivity contribution in [1.29, 1.82) is 0 Å². The number of aryl methyl sites for hydroxylation is 2. The average molecular weight is 442 g/mol. The van der Waals surface area contributed by atoms with Gasteiger partial charge in [-0.15, -0.1) is 0 Å². The topological polar surface area (TPSA) is 100 Å². The minimum Gasteiger partial charge on any atom is -0.471 e. The Morgan fingerprint density at radius 3 is 2.75 bits per heavy atom. The predicted octanol–water partition coefficient (Wildman–Crippen LogP) is 3.33. The molecule has 0 spiro atoms. The van der Waals surface area contributed by atoms with E-state index in [9.17, 15) is 4.79 Å². The quantitative estimate of drug-likeness (QED) is 0.612. The van der Waals surface area contributed by atoms with Crippen molar-refractivity contribution in [2.45, 2.75) is 65.7 Å². The molecule has 4 rings (SSSR count). The average Bonchev–Trinajstić information content (AvgIpc) is 3.27. The van der Waals surface area contributed by atoms with Crippen LogP contribution in [0.15, 0.2) is 12.5 Å². The van der Waals surface area contributed by atoms with Gasteiger partial charge >= 0.3 is 6.09 Å². The highest BCUT2D eigenvalue weighted by atomic mass is 16.6. The maximum absolute atomic E-state index is 12.5. The first kappa shape index (κ1) is 22.0. The molecular formula is C22H31N7O3. The lowest BCUT2D eigenvalue weighted by Gasteiger charge is -2.33. The Kier molecular flexibility index (Phi) is 5.79. The van der Waals surface area contributed by atoms with Gasteiger partial charge in [-0.1, -0.05) is 0 Å². The van der Waals surface area contributed by atoms with Gasteiger partial charge < -0.3 is 18.9 Å². The van der Waals surface area contributed by atoms with Crippen molar-refractivity contribution in [3.05, 3.63) is 18.2 Å². The van der Waals surface area contributed by atoms with Gasteiger partial charge in [-0.25, -0.2) is 14.8 Å². The van der Waals surface area contributed by atoms with Crippen LogP contribution in [0, 0.1) is 6.92 Å². The molecule has 10 heteroatoms. The van der Waals surface area contributed by atoms with Crippen LogP contribution in [0.3, 0.4) is 0 Å². The summed E-state index contributed by atoms with van der Waals surface area (Å²) in [6.07, 6.45) is 4.47. The summed E-state index contributed by atoms with van der Waals surface area (Å²) in [7, 11) is 1.93. The molecule has 3 aromatic heterocycles. The SMILES string of the molecule is CCn1ncc(-c2nc3c(O[C@H]4CCCN(C(=O)OC(C)(C)C)C4)ncnc3n2C)c1C. The summed E-state index contributed by atoms with van der Waals surface area (Å²) in [5.74, 6) is 1.19. The number of carbonyl (C=O) groups is 1. The van der Waals surface area contributed by atoms with Gasteiger partial charge in [0, 0.05) is 25.8 Å². The molecule has 1 amide bonds. The molecule has 0 N–H and O–H groups in total. The van der Waals surface area contributed by atoms with Gasteiger partial charge in [0.2, 0.25) is 5.88 Å². The van der Waals surface area contributed by atoms with Crippen LogP contribution >= 0.6 is 0 Å². The number of hydrogen-bond acceptors (Lipinski definition) is 7. The second-order valence-electron chi connectivity index (χ2n) is 9.11. The fourth-order valence-electron chi connectivity index (χ4n) is 3.97. The largest absolute Gasteiger partial charge is 0.471 e. The number of ether oxygens (including phenoxy) is 2. The lowest BCUT2D eigenvalue weighted by Crippen LogP contribution is -2.46. The number of aromatic nitrogens is 6. The van der Waals surface area contributed by atoms with Gasteiger partial charge in [-0.05, 0) is 47.5 Å².